The van der Waals surface area contributed by atoms with Crippen LogP contribution in [0.2, 0.25) is 0 Å². The van der Waals surface area contributed by atoms with Crippen LogP contribution in [0.15, 0.2) is 12.3 Å². The van der Waals surface area contributed by atoms with Crippen molar-refractivity contribution in [1.82, 2.24) is 10.3 Å². The van der Waals surface area contributed by atoms with E-state index in [0.29, 0.717) is 12.1 Å². The summed E-state index contributed by atoms with van der Waals surface area (Å²) in [5, 5.41) is 16.6. The second-order valence-electron chi connectivity index (χ2n) is 4.64. The quantitative estimate of drug-likeness (QED) is 0.588. The Kier molecular flexibility index (Phi) is 5.89. The minimum absolute atomic E-state index is 0.0464. The lowest BCUT2D eigenvalue weighted by Gasteiger charge is -2.12. The zero-order valence-electron chi connectivity index (χ0n) is 12.0. The van der Waals surface area contributed by atoms with Crippen molar-refractivity contribution in [2.24, 2.45) is 0 Å². The normalized spacial score (nSPS) is 11.8. The average Bonchev–Trinajstić information content (AvgIpc) is 2.38. The number of pyridine rings is 1. The third-order valence-corrected chi connectivity index (χ3v) is 2.97. The predicted octanol–water partition coefficient (Wildman–Crippen LogP) is 2.01. The monoisotopic (exact) mass is 280 g/mol. The van der Waals surface area contributed by atoms with Crippen LogP contribution in [0, 0.1) is 17.0 Å². The van der Waals surface area contributed by atoms with Crippen LogP contribution in [0.25, 0.3) is 0 Å². The molecule has 0 aliphatic carbocycles. The lowest BCUT2D eigenvalue weighted by atomic mass is 10.2. The molecule has 1 rings (SSSR count). The minimum Gasteiger partial charge on any atom is -0.364 e. The van der Waals surface area contributed by atoms with Gasteiger partial charge in [0.2, 0.25) is 11.7 Å². The van der Waals surface area contributed by atoms with E-state index in [1.54, 1.807) is 13.0 Å². The number of nitrogens with one attached hydrogen (secondary N) is 2. The molecule has 0 aliphatic rings. The molecule has 1 amide bonds. The first-order chi connectivity index (χ1) is 9.45. The van der Waals surface area contributed by atoms with Crippen molar-refractivity contribution in [2.45, 2.75) is 39.7 Å². The zero-order valence-corrected chi connectivity index (χ0v) is 12.0. The summed E-state index contributed by atoms with van der Waals surface area (Å²) in [5.41, 5.74) is 0.492. The molecule has 1 aromatic rings. The van der Waals surface area contributed by atoms with E-state index in [4.69, 9.17) is 0 Å². The third kappa shape index (κ3) is 4.49. The summed E-state index contributed by atoms with van der Waals surface area (Å²) in [5.74, 6) is 0.119. The van der Waals surface area contributed by atoms with Crippen LogP contribution in [-0.4, -0.2) is 28.4 Å². The number of amides is 1. The number of aryl methyl sites for hydroxylation is 1. The zero-order chi connectivity index (χ0) is 15.1. The van der Waals surface area contributed by atoms with Crippen LogP contribution in [0.5, 0.6) is 0 Å². The van der Waals surface area contributed by atoms with E-state index in [0.717, 1.165) is 6.42 Å². The van der Waals surface area contributed by atoms with Crippen LogP contribution in [0.3, 0.4) is 0 Å². The van der Waals surface area contributed by atoms with Crippen molar-refractivity contribution < 1.29 is 9.72 Å². The predicted molar refractivity (Wildman–Crippen MR) is 76.6 cm³/mol. The second-order valence-corrected chi connectivity index (χ2v) is 4.64. The first-order valence-electron chi connectivity index (χ1n) is 6.59. The summed E-state index contributed by atoms with van der Waals surface area (Å²) in [6.45, 7) is 5.88. The summed E-state index contributed by atoms with van der Waals surface area (Å²) >= 11 is 0. The van der Waals surface area contributed by atoms with Crippen molar-refractivity contribution in [3.8, 4) is 0 Å². The first-order valence-corrected chi connectivity index (χ1v) is 6.59. The minimum atomic E-state index is -0.468. The Balaban J connectivity index is 2.57. The van der Waals surface area contributed by atoms with Gasteiger partial charge in [-0.05, 0) is 26.3 Å². The van der Waals surface area contributed by atoms with Gasteiger partial charge in [0.1, 0.15) is 0 Å². The highest BCUT2D eigenvalue weighted by molar-refractivity contribution is 5.76. The molecule has 20 heavy (non-hydrogen) atoms. The standard InChI is InChI=1S/C13H20N4O3/c1-4-10(3)16-11(18)6-8-15-13-12(17(19)20)9(2)5-7-14-13/h5,7,10H,4,6,8H2,1-3H3,(H,14,15)(H,16,18). The lowest BCUT2D eigenvalue weighted by Crippen LogP contribution is -2.33. The highest BCUT2D eigenvalue weighted by Crippen LogP contribution is 2.25. The highest BCUT2D eigenvalue weighted by atomic mass is 16.6. The molecule has 0 bridgehead atoms. The molecule has 1 atom stereocenters. The molecule has 7 nitrogen and oxygen atoms in total. The fraction of sp³-hybridized carbons (Fsp3) is 0.538. The fourth-order valence-electron chi connectivity index (χ4n) is 1.65. The van der Waals surface area contributed by atoms with Gasteiger partial charge in [0.05, 0.1) is 4.92 Å². The van der Waals surface area contributed by atoms with Gasteiger partial charge < -0.3 is 10.6 Å². The number of rotatable bonds is 7. The van der Waals surface area contributed by atoms with Crippen molar-refractivity contribution in [3.63, 3.8) is 0 Å². The maximum Gasteiger partial charge on any atom is 0.314 e. The molecule has 1 heterocycles. The van der Waals surface area contributed by atoms with Crippen molar-refractivity contribution >= 4 is 17.4 Å². The van der Waals surface area contributed by atoms with Gasteiger partial charge >= 0.3 is 5.69 Å². The van der Waals surface area contributed by atoms with Gasteiger partial charge in [0.15, 0.2) is 0 Å². The van der Waals surface area contributed by atoms with E-state index < -0.39 is 4.92 Å². The molecule has 0 aliphatic heterocycles. The number of aromatic nitrogens is 1. The van der Waals surface area contributed by atoms with Gasteiger partial charge in [-0.3, -0.25) is 14.9 Å². The summed E-state index contributed by atoms with van der Waals surface area (Å²) in [4.78, 5) is 26.0. The van der Waals surface area contributed by atoms with Crippen LogP contribution in [0.1, 0.15) is 32.3 Å². The first kappa shape index (κ1) is 15.9. The molecule has 1 unspecified atom stereocenters. The molecule has 1 aromatic heterocycles. The molecule has 0 spiro atoms. The van der Waals surface area contributed by atoms with Gasteiger partial charge in [0, 0.05) is 30.8 Å². The van der Waals surface area contributed by atoms with Gasteiger partial charge in [0.25, 0.3) is 0 Å². The summed E-state index contributed by atoms with van der Waals surface area (Å²) in [7, 11) is 0. The van der Waals surface area contributed by atoms with E-state index in [2.05, 4.69) is 15.6 Å². The largest absolute Gasteiger partial charge is 0.364 e. The van der Waals surface area contributed by atoms with Gasteiger partial charge in [-0.2, -0.15) is 0 Å². The van der Waals surface area contributed by atoms with Crippen LogP contribution < -0.4 is 10.6 Å². The Morgan fingerprint density at radius 1 is 1.55 bits per heavy atom. The van der Waals surface area contributed by atoms with Gasteiger partial charge in [-0.25, -0.2) is 4.98 Å². The highest BCUT2D eigenvalue weighted by Gasteiger charge is 2.18. The smallest absolute Gasteiger partial charge is 0.314 e. The Morgan fingerprint density at radius 3 is 2.85 bits per heavy atom. The van der Waals surface area contributed by atoms with E-state index in [1.165, 1.54) is 6.20 Å². The van der Waals surface area contributed by atoms with E-state index in [1.807, 2.05) is 13.8 Å². The summed E-state index contributed by atoms with van der Waals surface area (Å²) in [6.07, 6.45) is 2.62. The number of hydrogen-bond acceptors (Lipinski definition) is 5. The van der Waals surface area contributed by atoms with Crippen LogP contribution >= 0.6 is 0 Å². The number of hydrogen-bond donors (Lipinski definition) is 2. The third-order valence-electron chi connectivity index (χ3n) is 2.97. The molecule has 0 aromatic carbocycles. The molecular formula is C13H20N4O3. The van der Waals surface area contributed by atoms with Crippen molar-refractivity contribution in [1.29, 1.82) is 0 Å². The average molecular weight is 280 g/mol. The fourth-order valence-corrected chi connectivity index (χ4v) is 1.65. The molecule has 0 radical (unpaired) electrons. The van der Waals surface area contributed by atoms with Gasteiger partial charge in [-0.1, -0.05) is 6.92 Å². The number of carbonyl (C=O) groups excluding carboxylic acids is 1. The Labute approximate surface area is 117 Å². The second kappa shape index (κ2) is 7.42. The lowest BCUT2D eigenvalue weighted by molar-refractivity contribution is -0.384. The van der Waals surface area contributed by atoms with Crippen LogP contribution in [-0.2, 0) is 4.79 Å². The maximum atomic E-state index is 11.6. The Bertz CT molecular complexity index is 491. The van der Waals surface area contributed by atoms with Crippen molar-refractivity contribution in [3.05, 3.63) is 27.9 Å². The van der Waals surface area contributed by atoms with Crippen molar-refractivity contribution in [2.75, 3.05) is 11.9 Å². The summed E-state index contributed by atoms with van der Waals surface area (Å²) in [6, 6.07) is 1.72. The topological polar surface area (TPSA) is 97.2 Å². The molecule has 0 fully saturated rings. The molecule has 2 N–H and O–H groups in total. The molecule has 0 saturated heterocycles. The number of nitro groups is 1. The Morgan fingerprint density at radius 2 is 2.25 bits per heavy atom. The molecular weight excluding hydrogens is 260 g/mol. The molecule has 110 valence electrons. The van der Waals surface area contributed by atoms with Gasteiger partial charge in [-0.15, -0.1) is 0 Å². The summed E-state index contributed by atoms with van der Waals surface area (Å²) < 4.78 is 0. The molecule has 0 saturated carbocycles. The van der Waals surface area contributed by atoms with E-state index in [-0.39, 0.29) is 29.9 Å². The Hall–Kier alpha value is -2.18. The van der Waals surface area contributed by atoms with E-state index in [9.17, 15) is 14.9 Å². The van der Waals surface area contributed by atoms with E-state index >= 15 is 0 Å². The maximum absolute atomic E-state index is 11.6. The number of nitrogens with zero attached hydrogens (tertiary/aromatic N) is 2. The molecule has 7 heteroatoms. The number of anilines is 1. The number of carbonyl (C=O) groups is 1. The van der Waals surface area contributed by atoms with Crippen LogP contribution in [0.4, 0.5) is 11.5 Å². The SMILES string of the molecule is CCC(C)NC(=O)CCNc1nccc(C)c1[N+](=O)[O-].